The van der Waals surface area contributed by atoms with E-state index in [1.165, 1.54) is 0 Å². The zero-order valence-electron chi connectivity index (χ0n) is 15.6. The van der Waals surface area contributed by atoms with Crippen LogP contribution >= 0.6 is 23.2 Å². The monoisotopic (exact) mass is 432 g/mol. The zero-order valence-corrected chi connectivity index (χ0v) is 17.1. The molecule has 1 aromatic heterocycles. The molecule has 1 fully saturated rings. The van der Waals surface area contributed by atoms with Crippen molar-refractivity contribution in [3.05, 3.63) is 52.0 Å². The Kier molecular flexibility index (Phi) is 5.80. The summed E-state index contributed by atoms with van der Waals surface area (Å²) < 4.78 is 0. The maximum atomic E-state index is 12.8. The van der Waals surface area contributed by atoms with Crippen molar-refractivity contribution in [3.63, 3.8) is 0 Å². The van der Waals surface area contributed by atoms with E-state index in [1.54, 1.807) is 18.2 Å². The van der Waals surface area contributed by atoms with E-state index in [-0.39, 0.29) is 18.1 Å². The molecule has 0 radical (unpaired) electrons. The molecule has 1 aliphatic heterocycles. The third kappa shape index (κ3) is 4.42. The number of nitrogens with two attached hydrogens (primary N) is 1. The number of H-pyrrole nitrogens is 1. The smallest absolute Gasteiger partial charge is 0.319 e. The van der Waals surface area contributed by atoms with Gasteiger partial charge < -0.3 is 21.7 Å². The van der Waals surface area contributed by atoms with Gasteiger partial charge in [0.25, 0.3) is 0 Å². The van der Waals surface area contributed by atoms with Gasteiger partial charge >= 0.3 is 6.03 Å². The van der Waals surface area contributed by atoms with Crippen LogP contribution < -0.4 is 21.7 Å². The van der Waals surface area contributed by atoms with Crippen molar-refractivity contribution >= 4 is 51.6 Å². The lowest BCUT2D eigenvalue weighted by Gasteiger charge is -2.32. The fourth-order valence-corrected chi connectivity index (χ4v) is 4.01. The molecule has 0 saturated carbocycles. The molecule has 0 aliphatic carbocycles. The summed E-state index contributed by atoms with van der Waals surface area (Å²) in [5.41, 5.74) is 8.21. The summed E-state index contributed by atoms with van der Waals surface area (Å²) in [5, 5.41) is 18.0. The number of aromatic nitrogens is 2. The fraction of sp³-hybridized carbons (Fsp3) is 0.300. The van der Waals surface area contributed by atoms with E-state index >= 15 is 0 Å². The third-order valence-electron chi connectivity index (χ3n) is 5.19. The van der Waals surface area contributed by atoms with Gasteiger partial charge in [-0.2, -0.15) is 5.10 Å². The number of anilines is 2. The second kappa shape index (κ2) is 8.49. The lowest BCUT2D eigenvalue weighted by molar-refractivity contribution is 0.240. The van der Waals surface area contributed by atoms with Crippen LogP contribution in [0.4, 0.5) is 16.3 Å². The van der Waals surface area contributed by atoms with Gasteiger partial charge in [0.1, 0.15) is 0 Å². The highest BCUT2D eigenvalue weighted by molar-refractivity contribution is 6.42. The molecule has 7 nitrogen and oxygen atoms in total. The number of nitrogen functional groups attached to an aromatic ring is 1. The standard InChI is InChI=1S/C20H22Cl2N6O/c21-14-6-4-11(9-15(14)22)18(17-3-1-2-8-24-17)26-20(29)25-12-5-7-16-13(10-12)19(23)28-27-16/h4-7,9-10,17-18,24H,1-3,8H2,(H3,23,27,28)(H2,25,26,29)/t17-,18?/m0/s1. The maximum Gasteiger partial charge on any atom is 0.319 e. The number of carbonyl (C=O) groups excluding carboxylic acids is 1. The number of rotatable bonds is 4. The minimum absolute atomic E-state index is 0.110. The van der Waals surface area contributed by atoms with Crippen molar-refractivity contribution in [2.45, 2.75) is 31.3 Å². The molecule has 1 unspecified atom stereocenters. The van der Waals surface area contributed by atoms with Crippen LogP contribution in [-0.2, 0) is 0 Å². The van der Waals surface area contributed by atoms with Gasteiger partial charge in [0, 0.05) is 17.1 Å². The first-order chi connectivity index (χ1) is 14.0. The van der Waals surface area contributed by atoms with Crippen LogP contribution in [0.5, 0.6) is 0 Å². The molecule has 29 heavy (non-hydrogen) atoms. The zero-order chi connectivity index (χ0) is 20.4. The van der Waals surface area contributed by atoms with E-state index in [4.69, 9.17) is 28.9 Å². The van der Waals surface area contributed by atoms with E-state index in [0.717, 1.165) is 42.3 Å². The third-order valence-corrected chi connectivity index (χ3v) is 5.93. The lowest BCUT2D eigenvalue weighted by Crippen LogP contribution is -2.47. The SMILES string of the molecule is Nc1n[nH]c2ccc(NC(=O)NC(c3ccc(Cl)c(Cl)c3)[C@@H]3CCCCN3)cc12. The highest BCUT2D eigenvalue weighted by Gasteiger charge is 2.27. The van der Waals surface area contributed by atoms with Crippen LogP contribution in [0.1, 0.15) is 30.9 Å². The molecule has 9 heteroatoms. The number of hydrogen-bond acceptors (Lipinski definition) is 4. The van der Waals surface area contributed by atoms with Crippen molar-refractivity contribution in [1.29, 1.82) is 0 Å². The Morgan fingerprint density at radius 1 is 1.17 bits per heavy atom. The number of benzene rings is 2. The van der Waals surface area contributed by atoms with Gasteiger partial charge in [0.2, 0.25) is 0 Å². The molecule has 3 aromatic rings. The Bertz CT molecular complexity index is 1030. The van der Waals surface area contributed by atoms with Gasteiger partial charge in [-0.3, -0.25) is 5.10 Å². The molecular weight excluding hydrogens is 411 g/mol. The summed E-state index contributed by atoms with van der Waals surface area (Å²) in [6.07, 6.45) is 3.20. The summed E-state index contributed by atoms with van der Waals surface area (Å²) in [7, 11) is 0. The molecule has 1 aliphatic rings. The number of urea groups is 1. The van der Waals surface area contributed by atoms with Gasteiger partial charge in [-0.25, -0.2) is 4.79 Å². The van der Waals surface area contributed by atoms with Crippen LogP contribution in [-0.4, -0.2) is 28.8 Å². The Morgan fingerprint density at radius 3 is 2.79 bits per heavy atom. The van der Waals surface area contributed by atoms with Crippen LogP contribution in [0.15, 0.2) is 36.4 Å². The van der Waals surface area contributed by atoms with Gasteiger partial charge in [-0.05, 0) is 55.3 Å². The maximum absolute atomic E-state index is 12.8. The van der Waals surface area contributed by atoms with E-state index in [9.17, 15) is 4.79 Å². The van der Waals surface area contributed by atoms with Crippen molar-refractivity contribution in [2.75, 3.05) is 17.6 Å². The first-order valence-corrected chi connectivity index (χ1v) is 10.3. The summed E-state index contributed by atoms with van der Waals surface area (Å²) in [4.78, 5) is 12.8. The van der Waals surface area contributed by atoms with Crippen LogP contribution in [0.2, 0.25) is 10.0 Å². The molecule has 152 valence electrons. The number of piperidine rings is 1. The Labute approximate surface area is 178 Å². The normalized spacial score (nSPS) is 17.8. The lowest BCUT2D eigenvalue weighted by atomic mass is 9.92. The Morgan fingerprint density at radius 2 is 2.03 bits per heavy atom. The average Bonchev–Trinajstić information content (AvgIpc) is 3.09. The Balaban J connectivity index is 1.54. The topological polar surface area (TPSA) is 108 Å². The summed E-state index contributed by atoms with van der Waals surface area (Å²) in [6.45, 7) is 0.919. The Hall–Kier alpha value is -2.48. The molecule has 1 saturated heterocycles. The second-order valence-electron chi connectivity index (χ2n) is 7.18. The molecule has 6 N–H and O–H groups in total. The number of carbonyl (C=O) groups is 1. The minimum Gasteiger partial charge on any atom is -0.382 e. The summed E-state index contributed by atoms with van der Waals surface area (Å²) in [5.74, 6) is 0.393. The van der Waals surface area contributed by atoms with Crippen molar-refractivity contribution in [3.8, 4) is 0 Å². The first kappa shape index (κ1) is 19.8. The van der Waals surface area contributed by atoms with Crippen molar-refractivity contribution in [2.24, 2.45) is 0 Å². The molecule has 2 amide bonds. The number of hydrogen-bond donors (Lipinski definition) is 5. The van der Waals surface area contributed by atoms with E-state index in [2.05, 4.69) is 26.1 Å². The molecule has 2 atom stereocenters. The number of amides is 2. The quantitative estimate of drug-likeness (QED) is 0.419. The predicted octanol–water partition coefficient (Wildman–Crippen LogP) is 4.46. The number of nitrogens with zero attached hydrogens (tertiary/aromatic N) is 1. The van der Waals surface area contributed by atoms with Gasteiger partial charge in [0.05, 0.1) is 21.6 Å². The second-order valence-corrected chi connectivity index (χ2v) is 7.99. The number of halogens is 2. The number of aromatic amines is 1. The highest BCUT2D eigenvalue weighted by atomic mass is 35.5. The first-order valence-electron chi connectivity index (χ1n) is 9.51. The summed E-state index contributed by atoms with van der Waals surface area (Å²) >= 11 is 12.3. The fourth-order valence-electron chi connectivity index (χ4n) is 3.71. The van der Waals surface area contributed by atoms with Gasteiger partial charge in [0.15, 0.2) is 5.82 Å². The highest BCUT2D eigenvalue weighted by Crippen LogP contribution is 2.29. The van der Waals surface area contributed by atoms with Crippen LogP contribution in [0.3, 0.4) is 0 Å². The van der Waals surface area contributed by atoms with E-state index in [0.29, 0.717) is 21.6 Å². The van der Waals surface area contributed by atoms with Gasteiger partial charge in [-0.15, -0.1) is 0 Å². The number of nitrogens with one attached hydrogen (secondary N) is 4. The van der Waals surface area contributed by atoms with Crippen molar-refractivity contribution < 1.29 is 4.79 Å². The molecule has 0 spiro atoms. The summed E-state index contributed by atoms with van der Waals surface area (Å²) in [6, 6.07) is 10.4. The molecule has 4 rings (SSSR count). The van der Waals surface area contributed by atoms with Crippen LogP contribution in [0, 0.1) is 0 Å². The molecular formula is C20H22Cl2N6O. The van der Waals surface area contributed by atoms with E-state index in [1.807, 2.05) is 18.2 Å². The average molecular weight is 433 g/mol. The van der Waals surface area contributed by atoms with Gasteiger partial charge in [-0.1, -0.05) is 35.7 Å². The minimum atomic E-state index is -0.310. The predicted molar refractivity (Wildman–Crippen MR) is 118 cm³/mol. The van der Waals surface area contributed by atoms with Crippen LogP contribution in [0.25, 0.3) is 10.9 Å². The molecule has 2 heterocycles. The number of fused-ring (bicyclic) bond motifs is 1. The van der Waals surface area contributed by atoms with E-state index < -0.39 is 0 Å². The molecule has 0 bridgehead atoms. The molecule has 2 aromatic carbocycles. The largest absolute Gasteiger partial charge is 0.382 e. The van der Waals surface area contributed by atoms with Crippen molar-refractivity contribution in [1.82, 2.24) is 20.8 Å².